The number of carbonyl (C=O) groups excluding carboxylic acids is 1. The van der Waals surface area contributed by atoms with Crippen molar-refractivity contribution >= 4 is 11.9 Å². The third-order valence-electron chi connectivity index (χ3n) is 3.71. The van der Waals surface area contributed by atoms with E-state index in [0.717, 1.165) is 18.2 Å². The Hall–Kier alpha value is -3.11. The summed E-state index contributed by atoms with van der Waals surface area (Å²) in [6.45, 7) is 3.46. The molecule has 0 radical (unpaired) electrons. The number of anilines is 1. The van der Waals surface area contributed by atoms with Crippen molar-refractivity contribution in [2.45, 2.75) is 26.3 Å². The monoisotopic (exact) mass is 402 g/mol. The van der Waals surface area contributed by atoms with Crippen LogP contribution in [0.3, 0.4) is 0 Å². The normalized spacial score (nSPS) is 12.6. The summed E-state index contributed by atoms with van der Waals surface area (Å²) >= 11 is 0. The highest BCUT2D eigenvalue weighted by Gasteiger charge is 2.32. The molecule has 1 aromatic carbocycles. The summed E-state index contributed by atoms with van der Waals surface area (Å²) in [6.07, 6.45) is -5.02. The molecule has 0 aliphatic rings. The van der Waals surface area contributed by atoms with Crippen LogP contribution in [-0.4, -0.2) is 29.3 Å². The van der Waals surface area contributed by atoms with Crippen molar-refractivity contribution in [3.8, 4) is 5.75 Å². The Balaban J connectivity index is 2.29. The fourth-order valence-corrected chi connectivity index (χ4v) is 2.46. The lowest BCUT2D eigenvalue weighted by Crippen LogP contribution is -2.33. The van der Waals surface area contributed by atoms with E-state index >= 15 is 0 Å². The molecule has 0 spiro atoms. The number of nitrogens with one attached hydrogen (secondary N) is 3. The Morgan fingerprint density at radius 2 is 1.93 bits per heavy atom. The molecule has 7 nitrogen and oxygen atoms in total. The van der Waals surface area contributed by atoms with Gasteiger partial charge in [-0.05, 0) is 23.6 Å². The number of aromatic nitrogens is 2. The topological polar surface area (TPSA) is 96.1 Å². The molecule has 152 valence electrons. The van der Waals surface area contributed by atoms with Crippen molar-refractivity contribution in [3.05, 3.63) is 51.7 Å². The highest BCUT2D eigenvalue weighted by molar-refractivity contribution is 5.92. The summed E-state index contributed by atoms with van der Waals surface area (Å²) in [5.41, 5.74) is -0.490. The van der Waals surface area contributed by atoms with Gasteiger partial charge in [-0.15, -0.1) is 13.2 Å². The lowest BCUT2D eigenvalue weighted by Gasteiger charge is -2.23. The lowest BCUT2D eigenvalue weighted by molar-refractivity contribution is -0.275. The molecule has 1 aromatic heterocycles. The minimum absolute atomic E-state index is 0.0819. The average Bonchev–Trinajstić information content (AvgIpc) is 2.59. The molecule has 1 amide bonds. The van der Waals surface area contributed by atoms with E-state index in [-0.39, 0.29) is 23.1 Å². The molecule has 2 aromatic rings. The maximum absolute atomic E-state index is 14.0. The van der Waals surface area contributed by atoms with Crippen LogP contribution in [0.1, 0.15) is 35.9 Å². The van der Waals surface area contributed by atoms with E-state index in [1.54, 1.807) is 13.8 Å². The zero-order valence-electron chi connectivity index (χ0n) is 15.1. The number of hydrogen-bond donors (Lipinski definition) is 3. The molecule has 0 saturated heterocycles. The van der Waals surface area contributed by atoms with Crippen molar-refractivity contribution in [1.82, 2.24) is 15.3 Å². The van der Waals surface area contributed by atoms with Gasteiger partial charge in [-0.25, -0.2) is 9.37 Å². The number of amides is 1. The number of aromatic amines is 1. The molecule has 2 rings (SSSR count). The Morgan fingerprint density at radius 3 is 2.46 bits per heavy atom. The van der Waals surface area contributed by atoms with Crippen LogP contribution in [0, 0.1) is 11.7 Å². The summed E-state index contributed by atoms with van der Waals surface area (Å²) in [7, 11) is 1.50. The van der Waals surface area contributed by atoms with E-state index in [0.29, 0.717) is 0 Å². The average molecular weight is 402 g/mol. The molecule has 28 heavy (non-hydrogen) atoms. The van der Waals surface area contributed by atoms with Gasteiger partial charge in [-0.2, -0.15) is 0 Å². The van der Waals surface area contributed by atoms with Gasteiger partial charge in [0.05, 0.1) is 6.04 Å². The second-order valence-corrected chi connectivity index (χ2v) is 6.16. The third kappa shape index (κ3) is 5.44. The first-order valence-corrected chi connectivity index (χ1v) is 8.15. The van der Waals surface area contributed by atoms with E-state index in [1.807, 2.05) is 0 Å². The molecule has 0 saturated carbocycles. The van der Waals surface area contributed by atoms with Gasteiger partial charge in [-0.3, -0.25) is 14.6 Å². The Labute approximate surface area is 157 Å². The van der Waals surface area contributed by atoms with Gasteiger partial charge in [0.15, 0.2) is 11.6 Å². The zero-order chi connectivity index (χ0) is 21.1. The molecule has 0 fully saturated rings. The van der Waals surface area contributed by atoms with Crippen LogP contribution in [0.15, 0.2) is 29.1 Å². The van der Waals surface area contributed by atoms with E-state index in [1.165, 1.54) is 13.1 Å². The van der Waals surface area contributed by atoms with E-state index in [4.69, 9.17) is 0 Å². The molecule has 0 aliphatic heterocycles. The Kier molecular flexibility index (Phi) is 6.26. The third-order valence-corrected chi connectivity index (χ3v) is 3.71. The fourth-order valence-electron chi connectivity index (χ4n) is 2.46. The van der Waals surface area contributed by atoms with E-state index < -0.39 is 35.4 Å². The zero-order valence-corrected chi connectivity index (χ0v) is 15.1. The minimum atomic E-state index is -5.02. The molecule has 11 heteroatoms. The van der Waals surface area contributed by atoms with Crippen LogP contribution in [0.25, 0.3) is 0 Å². The minimum Gasteiger partial charge on any atom is -0.403 e. The first kappa shape index (κ1) is 21.2. The van der Waals surface area contributed by atoms with Gasteiger partial charge < -0.3 is 15.4 Å². The molecule has 1 heterocycles. The maximum atomic E-state index is 14.0. The first-order valence-electron chi connectivity index (χ1n) is 8.15. The Bertz CT molecular complexity index is 912. The van der Waals surface area contributed by atoms with Gasteiger partial charge in [0, 0.05) is 13.1 Å². The van der Waals surface area contributed by atoms with Gasteiger partial charge in [-0.1, -0.05) is 19.9 Å². The molecule has 3 N–H and O–H groups in total. The number of H-pyrrole nitrogens is 1. The highest BCUT2D eigenvalue weighted by Crippen LogP contribution is 2.30. The van der Waals surface area contributed by atoms with Gasteiger partial charge in [0.2, 0.25) is 5.95 Å². The first-order chi connectivity index (χ1) is 13.0. The van der Waals surface area contributed by atoms with Crippen LogP contribution in [0.4, 0.5) is 23.5 Å². The largest absolute Gasteiger partial charge is 0.573 e. The quantitative estimate of drug-likeness (QED) is 0.646. The van der Waals surface area contributed by atoms with Crippen molar-refractivity contribution in [1.29, 1.82) is 0 Å². The van der Waals surface area contributed by atoms with Gasteiger partial charge in [0.1, 0.15) is 5.69 Å². The summed E-state index contributed by atoms with van der Waals surface area (Å²) in [5, 5.41) is 5.21. The van der Waals surface area contributed by atoms with E-state index in [9.17, 15) is 27.2 Å². The van der Waals surface area contributed by atoms with Crippen molar-refractivity contribution < 1.29 is 27.1 Å². The van der Waals surface area contributed by atoms with Gasteiger partial charge >= 0.3 is 6.36 Å². The maximum Gasteiger partial charge on any atom is 0.573 e. The number of halogens is 4. The van der Waals surface area contributed by atoms with Gasteiger partial charge in [0.25, 0.3) is 11.5 Å². The standard InChI is InChI=1S/C17H18F4N4O3/c1-8(2)14(9-4-5-12(10(18)6-9)28-17(19,20)21)25-15(27)11-7-13(26)24-16(22-3)23-11/h4-8,14H,1-3H3,(H,25,27)(H2,22,23,24,26)/t14-/m1/s1. The molecule has 0 aliphatic carbocycles. The van der Waals surface area contributed by atoms with Crippen LogP contribution < -0.4 is 20.9 Å². The number of benzene rings is 1. The van der Waals surface area contributed by atoms with Crippen molar-refractivity contribution in [2.24, 2.45) is 5.92 Å². The summed E-state index contributed by atoms with van der Waals surface area (Å²) in [6, 6.07) is 3.16. The molecular formula is C17H18F4N4O3. The highest BCUT2D eigenvalue weighted by atomic mass is 19.4. The predicted molar refractivity (Wildman–Crippen MR) is 92.5 cm³/mol. The molecule has 0 bridgehead atoms. The number of nitrogens with zero attached hydrogens (tertiary/aromatic N) is 1. The van der Waals surface area contributed by atoms with Crippen molar-refractivity contribution in [2.75, 3.05) is 12.4 Å². The van der Waals surface area contributed by atoms with Crippen LogP contribution in [0.5, 0.6) is 5.75 Å². The number of rotatable bonds is 6. The number of ether oxygens (including phenoxy) is 1. The predicted octanol–water partition coefficient (Wildman–Crippen LogP) is 2.98. The second kappa shape index (κ2) is 8.28. The lowest BCUT2D eigenvalue weighted by atomic mass is 9.95. The van der Waals surface area contributed by atoms with E-state index in [2.05, 4.69) is 25.3 Å². The number of carbonyl (C=O) groups is 1. The SMILES string of the molecule is CNc1nc(C(=O)N[C@@H](c2ccc(OC(F)(F)F)c(F)c2)C(C)C)cc(=O)[nH]1. The van der Waals surface area contributed by atoms with Crippen LogP contribution in [0.2, 0.25) is 0 Å². The summed E-state index contributed by atoms with van der Waals surface area (Å²) in [5.74, 6) is -3.05. The molecule has 0 unspecified atom stereocenters. The molecule has 1 atom stereocenters. The smallest absolute Gasteiger partial charge is 0.403 e. The second-order valence-electron chi connectivity index (χ2n) is 6.16. The van der Waals surface area contributed by atoms with Crippen LogP contribution in [-0.2, 0) is 0 Å². The fraction of sp³-hybridized carbons (Fsp3) is 0.353. The number of hydrogen-bond acceptors (Lipinski definition) is 5. The van der Waals surface area contributed by atoms with Crippen molar-refractivity contribution in [3.63, 3.8) is 0 Å². The number of alkyl halides is 3. The Morgan fingerprint density at radius 1 is 1.25 bits per heavy atom. The summed E-state index contributed by atoms with van der Waals surface area (Å²) in [4.78, 5) is 30.4. The molecular weight excluding hydrogens is 384 g/mol. The summed E-state index contributed by atoms with van der Waals surface area (Å²) < 4.78 is 54.4. The van der Waals surface area contributed by atoms with Crippen LogP contribution >= 0.6 is 0 Å².